The summed E-state index contributed by atoms with van der Waals surface area (Å²) in [6.07, 6.45) is -5.60. The molecule has 0 heterocycles. The first-order chi connectivity index (χ1) is 12.7. The second kappa shape index (κ2) is 7.27. The van der Waals surface area contributed by atoms with Gasteiger partial charge in [-0.25, -0.2) is 8.78 Å². The minimum Gasteiger partial charge on any atom is -0.320 e. The summed E-state index contributed by atoms with van der Waals surface area (Å²) in [5.74, 6) is -39.9. The molecule has 1 amide bonds. The zero-order chi connectivity index (χ0) is 23.2. The van der Waals surface area contributed by atoms with Gasteiger partial charge in [0.1, 0.15) is 0 Å². The molecule has 29 heavy (non-hydrogen) atoms. The minimum absolute atomic E-state index is 0.0289. The van der Waals surface area contributed by atoms with E-state index >= 15 is 0 Å². The predicted octanol–water partition coefficient (Wildman–Crippen LogP) is 5.68. The van der Waals surface area contributed by atoms with Crippen LogP contribution in [0.3, 0.4) is 0 Å². The van der Waals surface area contributed by atoms with Gasteiger partial charge in [0, 0.05) is 5.69 Å². The number of amides is 1. The van der Waals surface area contributed by atoms with Crippen molar-refractivity contribution in [2.75, 3.05) is 5.32 Å². The number of alkyl halides is 12. The summed E-state index contributed by atoms with van der Waals surface area (Å²) in [5.41, 5.74) is -0.138. The molecule has 0 aliphatic heterocycles. The highest BCUT2D eigenvalue weighted by molar-refractivity contribution is 5.97. The quantitative estimate of drug-likeness (QED) is 0.533. The molecule has 0 radical (unpaired) electrons. The Morgan fingerprint density at radius 1 is 0.828 bits per heavy atom. The molecule has 0 bridgehead atoms. The number of anilines is 1. The molecule has 166 valence electrons. The first-order valence-corrected chi connectivity index (χ1v) is 7.31. The molecule has 0 unspecified atom stereocenters. The molecule has 0 fully saturated rings. The second-order valence-corrected chi connectivity index (χ2v) is 5.99. The van der Waals surface area contributed by atoms with Gasteiger partial charge in [-0.05, 0) is 25.5 Å². The molecule has 14 heteroatoms. The highest BCUT2D eigenvalue weighted by atomic mass is 19.4. The van der Waals surface area contributed by atoms with Crippen molar-refractivity contribution >= 4 is 11.6 Å². The van der Waals surface area contributed by atoms with E-state index in [1.807, 2.05) is 0 Å². The highest BCUT2D eigenvalue weighted by Gasteiger charge is 2.89. The van der Waals surface area contributed by atoms with Gasteiger partial charge in [-0.2, -0.15) is 43.9 Å². The Hall–Kier alpha value is -2.15. The van der Waals surface area contributed by atoms with Crippen LogP contribution in [0.2, 0.25) is 0 Å². The van der Waals surface area contributed by atoms with E-state index in [0.29, 0.717) is 5.56 Å². The van der Waals surface area contributed by atoms with Crippen LogP contribution in [-0.4, -0.2) is 41.9 Å². The van der Waals surface area contributed by atoms with Gasteiger partial charge >= 0.3 is 41.9 Å². The molecule has 1 aromatic rings. The Morgan fingerprint density at radius 3 is 1.72 bits per heavy atom. The van der Waals surface area contributed by atoms with E-state index < -0.39 is 47.6 Å². The standard InChI is InChI=1S/C15H11F12NO/c1-6-3-4-8(7(2)5-6)28-10(29)12(20,21)14(24,25)15(26,27)13(22,23)11(18,19)9(16)17/h3-5,9H,1-2H3,(H,28,29). The molecule has 0 saturated heterocycles. The normalized spacial score (nSPS) is 14.3. The van der Waals surface area contributed by atoms with Crippen LogP contribution >= 0.6 is 0 Å². The summed E-state index contributed by atoms with van der Waals surface area (Å²) < 4.78 is 157. The molecule has 0 aromatic heterocycles. The van der Waals surface area contributed by atoms with E-state index in [0.717, 1.165) is 11.4 Å². The monoisotopic (exact) mass is 449 g/mol. The predicted molar refractivity (Wildman–Crippen MR) is 75.3 cm³/mol. The number of halogens is 12. The zero-order valence-corrected chi connectivity index (χ0v) is 14.3. The lowest BCUT2D eigenvalue weighted by Crippen LogP contribution is -2.70. The third-order valence-corrected chi connectivity index (χ3v) is 3.79. The number of hydrogen-bond acceptors (Lipinski definition) is 1. The number of hydrogen-bond donors (Lipinski definition) is 1. The Morgan fingerprint density at radius 2 is 1.31 bits per heavy atom. The summed E-state index contributed by atoms with van der Waals surface area (Å²) in [4.78, 5) is 11.4. The molecule has 2 nitrogen and oxygen atoms in total. The lowest BCUT2D eigenvalue weighted by Gasteiger charge is -2.38. The lowest BCUT2D eigenvalue weighted by atomic mass is 9.94. The number of nitrogens with one attached hydrogen (secondary N) is 1. The average Bonchev–Trinajstić information content (AvgIpc) is 2.56. The van der Waals surface area contributed by atoms with Crippen molar-refractivity contribution in [1.82, 2.24) is 0 Å². The minimum atomic E-state index is -7.75. The summed E-state index contributed by atoms with van der Waals surface area (Å²) >= 11 is 0. The van der Waals surface area contributed by atoms with Crippen molar-refractivity contribution in [3.63, 3.8) is 0 Å². The molecule has 0 aliphatic rings. The van der Waals surface area contributed by atoms with Crippen LogP contribution in [-0.2, 0) is 4.79 Å². The maximum atomic E-state index is 13.7. The number of rotatable bonds is 7. The zero-order valence-electron chi connectivity index (χ0n) is 14.3. The van der Waals surface area contributed by atoms with E-state index in [2.05, 4.69) is 0 Å². The molecular weight excluding hydrogens is 438 g/mol. The molecular formula is C15H11F12NO. The van der Waals surface area contributed by atoms with Crippen LogP contribution in [0, 0.1) is 13.8 Å². The Bertz CT molecular complexity index is 775. The summed E-state index contributed by atoms with van der Waals surface area (Å²) in [6, 6.07) is 3.29. The van der Waals surface area contributed by atoms with Crippen LogP contribution in [0.15, 0.2) is 18.2 Å². The lowest BCUT2D eigenvalue weighted by molar-refractivity contribution is -0.406. The van der Waals surface area contributed by atoms with Gasteiger partial charge in [-0.1, -0.05) is 17.7 Å². The third-order valence-electron chi connectivity index (χ3n) is 3.79. The van der Waals surface area contributed by atoms with Crippen LogP contribution in [0.5, 0.6) is 0 Å². The maximum Gasteiger partial charge on any atom is 0.393 e. The van der Waals surface area contributed by atoms with Gasteiger partial charge in [-0.15, -0.1) is 0 Å². The Balaban J connectivity index is 3.37. The molecule has 1 aromatic carbocycles. The first kappa shape index (κ1) is 24.9. The molecule has 0 saturated carbocycles. The van der Waals surface area contributed by atoms with E-state index in [9.17, 15) is 57.5 Å². The van der Waals surface area contributed by atoms with Crippen LogP contribution in [0.25, 0.3) is 0 Å². The number of carbonyl (C=O) groups is 1. The molecule has 0 aliphatic carbocycles. The maximum absolute atomic E-state index is 13.7. The molecule has 0 spiro atoms. The van der Waals surface area contributed by atoms with Crippen molar-refractivity contribution < 1.29 is 57.5 Å². The van der Waals surface area contributed by atoms with Crippen LogP contribution < -0.4 is 5.32 Å². The highest BCUT2D eigenvalue weighted by Crippen LogP contribution is 2.58. The largest absolute Gasteiger partial charge is 0.393 e. The van der Waals surface area contributed by atoms with Crippen molar-refractivity contribution in [2.45, 2.75) is 49.9 Å². The van der Waals surface area contributed by atoms with E-state index in [4.69, 9.17) is 0 Å². The first-order valence-electron chi connectivity index (χ1n) is 7.31. The number of aryl methyl sites for hydroxylation is 2. The number of benzene rings is 1. The number of carbonyl (C=O) groups excluding carboxylic acids is 1. The van der Waals surface area contributed by atoms with Gasteiger partial charge in [-0.3, -0.25) is 4.79 Å². The van der Waals surface area contributed by atoms with Crippen LogP contribution in [0.1, 0.15) is 11.1 Å². The Kier molecular flexibility index (Phi) is 6.24. The average molecular weight is 449 g/mol. The summed E-state index contributed by atoms with van der Waals surface area (Å²) in [7, 11) is 0. The fourth-order valence-corrected chi connectivity index (χ4v) is 2.04. The van der Waals surface area contributed by atoms with E-state index in [-0.39, 0.29) is 5.56 Å². The van der Waals surface area contributed by atoms with Crippen molar-refractivity contribution in [2.24, 2.45) is 0 Å². The van der Waals surface area contributed by atoms with Crippen molar-refractivity contribution in [3.8, 4) is 0 Å². The topological polar surface area (TPSA) is 29.1 Å². The summed E-state index contributed by atoms with van der Waals surface area (Å²) in [6.45, 7) is 2.66. The second-order valence-electron chi connectivity index (χ2n) is 5.99. The smallest absolute Gasteiger partial charge is 0.320 e. The molecule has 1 N–H and O–H groups in total. The Labute approximate surface area is 154 Å². The SMILES string of the molecule is Cc1ccc(NC(=O)C(F)(F)C(F)(F)C(F)(F)C(F)(F)C(F)(F)C(F)F)c(C)c1. The van der Waals surface area contributed by atoms with Gasteiger partial charge in [0.15, 0.2) is 0 Å². The fraction of sp³-hybridized carbons (Fsp3) is 0.533. The van der Waals surface area contributed by atoms with Crippen molar-refractivity contribution in [1.29, 1.82) is 0 Å². The van der Waals surface area contributed by atoms with Gasteiger partial charge in [0.2, 0.25) is 0 Å². The fourth-order valence-electron chi connectivity index (χ4n) is 2.04. The third kappa shape index (κ3) is 3.72. The van der Waals surface area contributed by atoms with E-state index in [1.165, 1.54) is 26.0 Å². The van der Waals surface area contributed by atoms with Crippen LogP contribution in [0.4, 0.5) is 58.4 Å². The van der Waals surface area contributed by atoms with Gasteiger partial charge < -0.3 is 5.32 Å². The molecule has 1 rings (SSSR count). The van der Waals surface area contributed by atoms with Gasteiger partial charge in [0.05, 0.1) is 0 Å². The van der Waals surface area contributed by atoms with Gasteiger partial charge in [0.25, 0.3) is 0 Å². The summed E-state index contributed by atoms with van der Waals surface area (Å²) in [5, 5.41) is 1.09. The van der Waals surface area contributed by atoms with E-state index in [1.54, 1.807) is 0 Å². The molecule has 0 atom stereocenters. The van der Waals surface area contributed by atoms with Crippen molar-refractivity contribution in [3.05, 3.63) is 29.3 Å².